The number of hydrogen-bond acceptors (Lipinski definition) is 2. The zero-order chi connectivity index (χ0) is 13.7. The maximum Gasteiger partial charge on any atom is 0.122 e. The van der Waals surface area contributed by atoms with E-state index in [2.05, 4.69) is 66.4 Å². The van der Waals surface area contributed by atoms with Crippen LogP contribution >= 0.6 is 0 Å². The molecule has 2 N–H and O–H groups in total. The maximum atomic E-state index is 4.32. The van der Waals surface area contributed by atoms with Gasteiger partial charge in [-0.3, -0.25) is 0 Å². The monoisotopic (exact) mass is 257 g/mol. The van der Waals surface area contributed by atoms with E-state index < -0.39 is 0 Å². The van der Waals surface area contributed by atoms with Gasteiger partial charge in [-0.1, -0.05) is 44.2 Å². The number of nitrogens with one attached hydrogen (secondary N) is 2. The van der Waals surface area contributed by atoms with Crippen molar-refractivity contribution in [1.29, 1.82) is 0 Å². The number of rotatable bonds is 6. The zero-order valence-corrected chi connectivity index (χ0v) is 11.9. The van der Waals surface area contributed by atoms with E-state index in [1.165, 1.54) is 5.56 Å². The molecule has 0 aliphatic carbocycles. The zero-order valence-electron chi connectivity index (χ0n) is 11.9. The highest BCUT2D eigenvalue weighted by Gasteiger charge is 2.17. The van der Waals surface area contributed by atoms with Crippen molar-refractivity contribution < 1.29 is 0 Å². The number of aromatic amines is 1. The molecule has 0 radical (unpaired) electrons. The molecule has 1 aromatic heterocycles. The third kappa shape index (κ3) is 3.93. The summed E-state index contributed by atoms with van der Waals surface area (Å²) in [4.78, 5) is 7.50. The molecular formula is C16H23N3. The quantitative estimate of drug-likeness (QED) is 0.825. The van der Waals surface area contributed by atoms with Crippen LogP contribution in [0, 0.1) is 5.92 Å². The minimum absolute atomic E-state index is 0.221. The summed E-state index contributed by atoms with van der Waals surface area (Å²) in [5, 5.41) is 3.67. The molecule has 102 valence electrons. The lowest BCUT2D eigenvalue weighted by Gasteiger charge is -2.24. The Morgan fingerprint density at radius 2 is 1.89 bits per heavy atom. The lowest BCUT2D eigenvalue weighted by atomic mass is 9.96. The predicted octanol–water partition coefficient (Wildman–Crippen LogP) is 3.85. The molecule has 3 heteroatoms. The molecule has 0 aliphatic rings. The lowest BCUT2D eigenvalue weighted by molar-refractivity contribution is 0.387. The van der Waals surface area contributed by atoms with Gasteiger partial charge in [0.2, 0.25) is 0 Å². The van der Waals surface area contributed by atoms with Crippen molar-refractivity contribution in [3.8, 4) is 0 Å². The molecule has 1 aromatic carbocycles. The van der Waals surface area contributed by atoms with E-state index in [1.54, 1.807) is 6.20 Å². The van der Waals surface area contributed by atoms with Gasteiger partial charge >= 0.3 is 0 Å². The van der Waals surface area contributed by atoms with Gasteiger partial charge in [0.05, 0.1) is 6.04 Å². The maximum absolute atomic E-state index is 4.32. The largest absolute Gasteiger partial charge is 0.347 e. The van der Waals surface area contributed by atoms with E-state index in [1.807, 2.05) is 6.20 Å². The van der Waals surface area contributed by atoms with E-state index in [9.17, 15) is 0 Å². The first-order valence-corrected chi connectivity index (χ1v) is 6.97. The molecule has 0 saturated heterocycles. The van der Waals surface area contributed by atoms with E-state index in [4.69, 9.17) is 0 Å². The molecule has 2 rings (SSSR count). The van der Waals surface area contributed by atoms with Crippen LogP contribution < -0.4 is 5.32 Å². The number of nitrogens with zero attached hydrogens (tertiary/aromatic N) is 1. The Morgan fingerprint density at radius 3 is 2.47 bits per heavy atom. The highest BCUT2D eigenvalue weighted by molar-refractivity contribution is 5.19. The first kappa shape index (κ1) is 13.8. The van der Waals surface area contributed by atoms with Crippen LogP contribution in [-0.2, 0) is 0 Å². The summed E-state index contributed by atoms with van der Waals surface area (Å²) in [6.07, 6.45) is 4.79. The highest BCUT2D eigenvalue weighted by Crippen LogP contribution is 2.24. The molecule has 1 heterocycles. The molecule has 0 aliphatic heterocycles. The fourth-order valence-corrected chi connectivity index (χ4v) is 2.35. The summed E-state index contributed by atoms with van der Waals surface area (Å²) in [5.74, 6) is 1.64. The molecule has 2 unspecified atom stereocenters. The van der Waals surface area contributed by atoms with Crippen molar-refractivity contribution in [1.82, 2.24) is 15.3 Å². The van der Waals surface area contributed by atoms with Crippen LogP contribution in [0.25, 0.3) is 0 Å². The number of hydrogen-bond donors (Lipinski definition) is 2. The Kier molecular flexibility index (Phi) is 4.74. The molecule has 0 saturated carbocycles. The smallest absolute Gasteiger partial charge is 0.122 e. The van der Waals surface area contributed by atoms with Crippen molar-refractivity contribution in [2.45, 2.75) is 39.3 Å². The Hall–Kier alpha value is -1.61. The van der Waals surface area contributed by atoms with Crippen LogP contribution in [0.1, 0.15) is 50.7 Å². The molecule has 19 heavy (non-hydrogen) atoms. The third-order valence-corrected chi connectivity index (χ3v) is 3.29. The van der Waals surface area contributed by atoms with E-state index in [0.717, 1.165) is 12.2 Å². The van der Waals surface area contributed by atoms with Gasteiger partial charge in [0.1, 0.15) is 5.82 Å². The van der Waals surface area contributed by atoms with Crippen LogP contribution in [0.3, 0.4) is 0 Å². The Balaban J connectivity index is 2.10. The SMILES string of the molecule is CC(C)CC(NC(C)c1ncc[nH]1)c1ccccc1. The molecule has 0 fully saturated rings. The van der Waals surface area contributed by atoms with E-state index in [0.29, 0.717) is 12.0 Å². The van der Waals surface area contributed by atoms with Gasteiger partial charge in [0, 0.05) is 18.4 Å². The fraction of sp³-hybridized carbons (Fsp3) is 0.438. The number of aromatic nitrogens is 2. The van der Waals surface area contributed by atoms with E-state index in [-0.39, 0.29) is 6.04 Å². The van der Waals surface area contributed by atoms with Crippen molar-refractivity contribution in [3.05, 3.63) is 54.1 Å². The molecule has 3 nitrogen and oxygen atoms in total. The van der Waals surface area contributed by atoms with Crippen LogP contribution in [0.5, 0.6) is 0 Å². The number of benzene rings is 1. The van der Waals surface area contributed by atoms with Gasteiger partial charge in [0.25, 0.3) is 0 Å². The summed E-state index contributed by atoms with van der Waals surface area (Å²) < 4.78 is 0. The average molecular weight is 257 g/mol. The molecule has 2 atom stereocenters. The summed E-state index contributed by atoms with van der Waals surface area (Å²) in [6, 6.07) is 11.2. The van der Waals surface area contributed by atoms with Gasteiger partial charge < -0.3 is 10.3 Å². The normalized spacial score (nSPS) is 14.5. The third-order valence-electron chi connectivity index (χ3n) is 3.29. The van der Waals surface area contributed by atoms with Crippen LogP contribution in [0.2, 0.25) is 0 Å². The molecule has 0 spiro atoms. The van der Waals surface area contributed by atoms with Crippen molar-refractivity contribution in [3.63, 3.8) is 0 Å². The minimum Gasteiger partial charge on any atom is -0.347 e. The topological polar surface area (TPSA) is 40.7 Å². The second kappa shape index (κ2) is 6.53. The second-order valence-electron chi connectivity index (χ2n) is 5.46. The Labute approximate surface area is 115 Å². The number of H-pyrrole nitrogens is 1. The molecule has 2 aromatic rings. The lowest BCUT2D eigenvalue weighted by Crippen LogP contribution is -2.26. The van der Waals surface area contributed by atoms with Gasteiger partial charge in [-0.2, -0.15) is 0 Å². The predicted molar refractivity (Wildman–Crippen MR) is 78.8 cm³/mol. The standard InChI is InChI=1S/C16H23N3/c1-12(2)11-15(14-7-5-4-6-8-14)19-13(3)16-17-9-10-18-16/h4-10,12-13,15,19H,11H2,1-3H3,(H,17,18). The fourth-order valence-electron chi connectivity index (χ4n) is 2.35. The highest BCUT2D eigenvalue weighted by atomic mass is 15.0. The molecule has 0 bridgehead atoms. The van der Waals surface area contributed by atoms with Crippen LogP contribution in [0.15, 0.2) is 42.7 Å². The van der Waals surface area contributed by atoms with Gasteiger partial charge in [-0.05, 0) is 24.8 Å². The van der Waals surface area contributed by atoms with E-state index >= 15 is 0 Å². The van der Waals surface area contributed by atoms with Crippen LogP contribution in [0.4, 0.5) is 0 Å². The van der Waals surface area contributed by atoms with Gasteiger partial charge in [0.15, 0.2) is 0 Å². The summed E-state index contributed by atoms with van der Waals surface area (Å²) in [6.45, 7) is 6.67. The summed E-state index contributed by atoms with van der Waals surface area (Å²) >= 11 is 0. The first-order valence-electron chi connectivity index (χ1n) is 6.97. The Morgan fingerprint density at radius 1 is 1.16 bits per heavy atom. The Bertz CT molecular complexity index is 462. The molecule has 0 amide bonds. The number of imidazole rings is 1. The minimum atomic E-state index is 0.221. The van der Waals surface area contributed by atoms with Crippen LogP contribution in [-0.4, -0.2) is 9.97 Å². The second-order valence-corrected chi connectivity index (χ2v) is 5.46. The summed E-state index contributed by atoms with van der Waals surface area (Å²) in [7, 11) is 0. The van der Waals surface area contributed by atoms with Crippen molar-refractivity contribution >= 4 is 0 Å². The summed E-state index contributed by atoms with van der Waals surface area (Å²) in [5.41, 5.74) is 1.34. The van der Waals surface area contributed by atoms with Crippen molar-refractivity contribution in [2.24, 2.45) is 5.92 Å². The first-order chi connectivity index (χ1) is 9.16. The average Bonchev–Trinajstić information content (AvgIpc) is 2.92. The molecular weight excluding hydrogens is 234 g/mol. The van der Waals surface area contributed by atoms with Crippen molar-refractivity contribution in [2.75, 3.05) is 0 Å². The van der Waals surface area contributed by atoms with Gasteiger partial charge in [-0.15, -0.1) is 0 Å². The van der Waals surface area contributed by atoms with Gasteiger partial charge in [-0.25, -0.2) is 4.98 Å².